The van der Waals surface area contributed by atoms with Gasteiger partial charge in [-0.1, -0.05) is 6.07 Å². The number of nitrogens with zero attached hydrogens (tertiary/aromatic N) is 2. The number of aromatic nitrogens is 2. The fourth-order valence-corrected chi connectivity index (χ4v) is 5.49. The third kappa shape index (κ3) is 7.67. The molecular formula is C38H39N3O10. The number of anilines is 1. The van der Waals surface area contributed by atoms with Crippen LogP contribution in [0.2, 0.25) is 0 Å². The minimum Gasteiger partial charge on any atom is -0.493 e. The van der Waals surface area contributed by atoms with Gasteiger partial charge in [0.2, 0.25) is 5.75 Å². The van der Waals surface area contributed by atoms with Gasteiger partial charge < -0.3 is 33.2 Å². The first kappa shape index (κ1) is 36.1. The molecule has 2 heterocycles. The Morgan fingerprint density at radius 3 is 2.00 bits per heavy atom. The van der Waals surface area contributed by atoms with E-state index in [4.69, 9.17) is 33.2 Å². The summed E-state index contributed by atoms with van der Waals surface area (Å²) in [4.78, 5) is 45.0. The first-order valence-corrected chi connectivity index (χ1v) is 15.7. The summed E-state index contributed by atoms with van der Waals surface area (Å²) in [6.45, 7) is 5.42. The van der Waals surface area contributed by atoms with Crippen molar-refractivity contribution in [2.24, 2.45) is 0 Å². The third-order valence-electron chi connectivity index (χ3n) is 7.69. The van der Waals surface area contributed by atoms with Crippen LogP contribution in [0.3, 0.4) is 0 Å². The van der Waals surface area contributed by atoms with E-state index < -0.39 is 23.2 Å². The smallest absolute Gasteiger partial charge is 0.412 e. The highest BCUT2D eigenvalue weighted by atomic mass is 16.6. The minimum atomic E-state index is -0.803. The summed E-state index contributed by atoms with van der Waals surface area (Å²) < 4.78 is 40.7. The Labute approximate surface area is 294 Å². The highest BCUT2D eigenvalue weighted by Crippen LogP contribution is 2.45. The zero-order valence-corrected chi connectivity index (χ0v) is 29.6. The number of hydrogen-bond acceptors (Lipinski definition) is 11. The van der Waals surface area contributed by atoms with E-state index in [1.54, 1.807) is 87.8 Å². The maximum Gasteiger partial charge on any atom is 0.412 e. The predicted molar refractivity (Wildman–Crippen MR) is 191 cm³/mol. The number of methoxy groups -OCH3 is 5. The number of rotatable bonds is 11. The molecule has 0 atom stereocenters. The number of hydrogen-bond donors (Lipinski definition) is 1. The van der Waals surface area contributed by atoms with E-state index in [0.717, 1.165) is 5.56 Å². The van der Waals surface area contributed by atoms with Crippen LogP contribution in [0.5, 0.6) is 28.7 Å². The van der Waals surface area contributed by atoms with Crippen molar-refractivity contribution in [2.75, 3.05) is 40.9 Å². The van der Waals surface area contributed by atoms with E-state index in [9.17, 15) is 14.4 Å². The van der Waals surface area contributed by atoms with Gasteiger partial charge in [0, 0.05) is 40.3 Å². The van der Waals surface area contributed by atoms with Crippen LogP contribution in [0.15, 0.2) is 77.9 Å². The number of benzene rings is 3. The molecule has 5 aromatic rings. The molecular weight excluding hydrogens is 658 g/mol. The maximum absolute atomic E-state index is 14.6. The van der Waals surface area contributed by atoms with Crippen LogP contribution >= 0.6 is 0 Å². The molecule has 13 heteroatoms. The molecule has 0 saturated carbocycles. The number of esters is 1. The van der Waals surface area contributed by atoms with Gasteiger partial charge in [0.05, 0.1) is 40.9 Å². The molecule has 0 aliphatic heterocycles. The summed E-state index contributed by atoms with van der Waals surface area (Å²) in [6, 6.07) is 16.6. The number of pyridine rings is 2. The lowest BCUT2D eigenvalue weighted by atomic mass is 9.95. The molecule has 0 bridgehead atoms. The minimum absolute atomic E-state index is 0.0968. The molecule has 0 spiro atoms. The molecule has 0 unspecified atom stereocenters. The van der Waals surface area contributed by atoms with Crippen molar-refractivity contribution >= 4 is 28.5 Å². The largest absolute Gasteiger partial charge is 0.493 e. The topological polar surface area (TPSA) is 146 Å². The molecule has 3 aromatic carbocycles. The Hall–Kier alpha value is -6.24. The van der Waals surface area contributed by atoms with Crippen molar-refractivity contribution in [2.45, 2.75) is 33.0 Å². The molecule has 0 fully saturated rings. The number of fused-ring (bicyclic) bond motifs is 1. The normalized spacial score (nSPS) is 11.1. The third-order valence-corrected chi connectivity index (χ3v) is 7.69. The lowest BCUT2D eigenvalue weighted by molar-refractivity contribution is 0.0589. The molecule has 266 valence electrons. The average Bonchev–Trinajstić information content (AvgIpc) is 3.12. The summed E-state index contributed by atoms with van der Waals surface area (Å²) in [5, 5.41) is 3.23. The van der Waals surface area contributed by atoms with Gasteiger partial charge in [0.25, 0.3) is 5.56 Å². The highest BCUT2D eigenvalue weighted by Gasteiger charge is 2.28. The number of carbonyl (C=O) groups excluding carboxylic acids is 2. The second-order valence-electron chi connectivity index (χ2n) is 12.1. The first-order chi connectivity index (χ1) is 24.4. The SMILES string of the molecule is COC(=O)c1c(-c2cc(OC)c(OC)c(OC)c2)c2cc(OCc3cccnc3)c(OC)cc2c(=O)n1-c1ccc(NC(=O)OC(C)(C)C)cc1. The van der Waals surface area contributed by atoms with Crippen LogP contribution in [-0.2, 0) is 16.1 Å². The van der Waals surface area contributed by atoms with Crippen molar-refractivity contribution < 1.29 is 42.7 Å². The lowest BCUT2D eigenvalue weighted by Crippen LogP contribution is -2.27. The van der Waals surface area contributed by atoms with Crippen molar-refractivity contribution in [1.29, 1.82) is 0 Å². The van der Waals surface area contributed by atoms with E-state index >= 15 is 0 Å². The Kier molecular flexibility index (Phi) is 10.7. The zero-order chi connectivity index (χ0) is 36.9. The van der Waals surface area contributed by atoms with Crippen molar-refractivity contribution in [3.8, 4) is 45.6 Å². The molecule has 51 heavy (non-hydrogen) atoms. The molecule has 1 N–H and O–H groups in total. The molecule has 0 saturated heterocycles. The highest BCUT2D eigenvalue weighted by molar-refractivity contribution is 6.08. The average molecular weight is 698 g/mol. The molecule has 13 nitrogen and oxygen atoms in total. The summed E-state index contributed by atoms with van der Waals surface area (Å²) >= 11 is 0. The molecule has 2 aromatic heterocycles. The van der Waals surface area contributed by atoms with Gasteiger partial charge in [-0.25, -0.2) is 9.59 Å². The van der Waals surface area contributed by atoms with Gasteiger partial charge >= 0.3 is 12.1 Å². The molecule has 0 aliphatic rings. The number of amides is 1. The fraction of sp³-hybridized carbons (Fsp3) is 0.263. The lowest BCUT2D eigenvalue weighted by Gasteiger charge is -2.22. The molecule has 5 rings (SSSR count). The van der Waals surface area contributed by atoms with E-state index in [0.29, 0.717) is 50.9 Å². The molecule has 0 aliphatic carbocycles. The summed E-state index contributed by atoms with van der Waals surface area (Å²) in [7, 11) is 7.13. The standard InChI is InChI=1S/C38H39N3O10/c1-38(2,3)51-37(44)40-24-11-13-25(14-12-24)41-33(36(43)49-8)32(23-16-30(46-5)34(48-7)31(17-23)47-6)26-18-29(28(45-4)19-27(26)35(41)42)50-21-22-10-9-15-39-20-22/h9-20H,21H2,1-8H3,(H,40,44). The van der Waals surface area contributed by atoms with Crippen LogP contribution in [0.4, 0.5) is 10.5 Å². The van der Waals surface area contributed by atoms with E-state index in [-0.39, 0.29) is 23.4 Å². The number of carbonyl (C=O) groups is 2. The number of nitrogens with one attached hydrogen (secondary N) is 1. The Morgan fingerprint density at radius 1 is 0.804 bits per heavy atom. The fourth-order valence-electron chi connectivity index (χ4n) is 5.49. The van der Waals surface area contributed by atoms with Crippen molar-refractivity contribution in [3.63, 3.8) is 0 Å². The second kappa shape index (κ2) is 15.1. The zero-order valence-electron chi connectivity index (χ0n) is 29.6. The maximum atomic E-state index is 14.6. The summed E-state index contributed by atoms with van der Waals surface area (Å²) in [5.74, 6) is 0.751. The first-order valence-electron chi connectivity index (χ1n) is 15.7. The van der Waals surface area contributed by atoms with E-state index in [2.05, 4.69) is 10.3 Å². The number of ether oxygens (including phenoxy) is 7. The van der Waals surface area contributed by atoms with Crippen molar-refractivity contribution in [3.05, 3.63) is 94.7 Å². The van der Waals surface area contributed by atoms with Gasteiger partial charge in [0.15, 0.2) is 23.0 Å². The summed E-state index contributed by atoms with van der Waals surface area (Å²) in [5.41, 5.74) is 0.916. The van der Waals surface area contributed by atoms with Crippen LogP contribution < -0.4 is 34.6 Å². The van der Waals surface area contributed by atoms with Gasteiger partial charge in [-0.15, -0.1) is 0 Å². The van der Waals surface area contributed by atoms with E-state index in [1.165, 1.54) is 40.1 Å². The van der Waals surface area contributed by atoms with Crippen molar-refractivity contribution in [1.82, 2.24) is 9.55 Å². The van der Waals surface area contributed by atoms with Gasteiger partial charge in [-0.05, 0) is 80.9 Å². The van der Waals surface area contributed by atoms with Crippen LogP contribution in [0, 0.1) is 0 Å². The second-order valence-corrected chi connectivity index (χ2v) is 12.1. The molecule has 1 amide bonds. The van der Waals surface area contributed by atoms with Gasteiger partial charge in [0.1, 0.15) is 17.9 Å². The van der Waals surface area contributed by atoms with Gasteiger partial charge in [-0.2, -0.15) is 0 Å². The predicted octanol–water partition coefficient (Wildman–Crippen LogP) is 6.80. The Morgan fingerprint density at radius 2 is 1.45 bits per heavy atom. The quantitative estimate of drug-likeness (QED) is 0.145. The van der Waals surface area contributed by atoms with Crippen LogP contribution in [0.25, 0.3) is 27.6 Å². The van der Waals surface area contributed by atoms with E-state index in [1.807, 2.05) is 6.07 Å². The van der Waals surface area contributed by atoms with Crippen LogP contribution in [0.1, 0.15) is 36.8 Å². The Balaban J connectivity index is 1.82. The van der Waals surface area contributed by atoms with Crippen LogP contribution in [-0.4, -0.2) is 62.8 Å². The molecule has 0 radical (unpaired) electrons. The Bertz CT molecular complexity index is 2100. The van der Waals surface area contributed by atoms with Gasteiger partial charge in [-0.3, -0.25) is 19.7 Å². The monoisotopic (exact) mass is 697 g/mol. The summed E-state index contributed by atoms with van der Waals surface area (Å²) in [6.07, 6.45) is 2.69.